The second-order valence-electron chi connectivity index (χ2n) is 11.5. The smallest absolute Gasteiger partial charge is 0.313 e. The number of rotatable bonds is 3. The number of carbonyl (C=O) groups excluding carboxylic acids is 2. The van der Waals surface area contributed by atoms with Crippen LogP contribution in [0.1, 0.15) is 90.0 Å². The molecule has 3 nitrogen and oxygen atoms in total. The second-order valence-corrected chi connectivity index (χ2v) is 11.5. The van der Waals surface area contributed by atoms with E-state index < -0.39 is 0 Å². The molecule has 0 aromatic heterocycles. The Kier molecular flexibility index (Phi) is 5.30. The van der Waals surface area contributed by atoms with Crippen LogP contribution in [0, 0.1) is 34.5 Å². The zero-order chi connectivity index (χ0) is 21.8. The van der Waals surface area contributed by atoms with Crippen molar-refractivity contribution in [2.75, 3.05) is 0 Å². The van der Waals surface area contributed by atoms with Crippen molar-refractivity contribution in [2.45, 2.75) is 90.6 Å². The number of carbonyl (C=O) groups is 2. The maximum absolute atomic E-state index is 12.8. The first kappa shape index (κ1) is 21.2. The van der Waals surface area contributed by atoms with Gasteiger partial charge in [-0.25, -0.2) is 0 Å². The monoisotopic (exact) mass is 422 g/mol. The third-order valence-electron chi connectivity index (χ3n) is 10.3. The van der Waals surface area contributed by atoms with E-state index in [0.29, 0.717) is 23.0 Å². The Bertz CT molecular complexity index is 847. The van der Waals surface area contributed by atoms with Crippen LogP contribution < -0.4 is 0 Å². The van der Waals surface area contributed by atoms with Gasteiger partial charge in [-0.15, -0.1) is 0 Å². The van der Waals surface area contributed by atoms with Gasteiger partial charge in [0.15, 0.2) is 0 Å². The lowest BCUT2D eigenvalue weighted by atomic mass is 9.45. The third kappa shape index (κ3) is 3.38. The highest BCUT2D eigenvalue weighted by Crippen LogP contribution is 2.65. The minimum Gasteiger partial charge on any atom is -0.462 e. The lowest BCUT2D eigenvalue weighted by Gasteiger charge is -2.60. The Morgan fingerprint density at radius 3 is 2.55 bits per heavy atom. The molecule has 0 saturated heterocycles. The molecule has 0 bridgehead atoms. The van der Waals surface area contributed by atoms with Crippen LogP contribution in [-0.2, 0) is 14.3 Å². The minimum absolute atomic E-state index is 0.0370. The summed E-state index contributed by atoms with van der Waals surface area (Å²) in [6.07, 6.45) is 9.97. The fourth-order valence-electron chi connectivity index (χ4n) is 8.24. The Morgan fingerprint density at radius 1 is 1.00 bits per heavy atom. The first-order valence-corrected chi connectivity index (χ1v) is 12.6. The van der Waals surface area contributed by atoms with E-state index in [4.69, 9.17) is 4.74 Å². The summed E-state index contributed by atoms with van der Waals surface area (Å²) in [5, 5.41) is 0. The third-order valence-corrected chi connectivity index (χ3v) is 10.3. The van der Waals surface area contributed by atoms with Crippen LogP contribution in [0.3, 0.4) is 0 Å². The lowest BCUT2D eigenvalue weighted by molar-refractivity contribution is -0.163. The second kappa shape index (κ2) is 7.74. The summed E-state index contributed by atoms with van der Waals surface area (Å²) in [4.78, 5) is 25.4. The largest absolute Gasteiger partial charge is 0.462 e. The van der Waals surface area contributed by atoms with Gasteiger partial charge in [0, 0.05) is 11.8 Å². The molecule has 4 aliphatic carbocycles. The number of ketones is 1. The van der Waals surface area contributed by atoms with E-state index in [1.54, 1.807) is 0 Å². The average Bonchev–Trinajstić information content (AvgIpc) is 3.08. The minimum atomic E-state index is -0.207. The average molecular weight is 423 g/mol. The highest BCUT2D eigenvalue weighted by atomic mass is 16.5. The van der Waals surface area contributed by atoms with Crippen LogP contribution in [0.25, 0.3) is 0 Å². The zero-order valence-electron chi connectivity index (χ0n) is 19.4. The number of benzene rings is 1. The van der Waals surface area contributed by atoms with Gasteiger partial charge in [-0.2, -0.15) is 0 Å². The predicted molar refractivity (Wildman–Crippen MR) is 121 cm³/mol. The van der Waals surface area contributed by atoms with Crippen LogP contribution in [0.15, 0.2) is 30.3 Å². The summed E-state index contributed by atoms with van der Waals surface area (Å²) >= 11 is 0. The first-order valence-electron chi connectivity index (χ1n) is 12.6. The molecule has 4 fully saturated rings. The number of fused-ring (bicyclic) bond motifs is 5. The summed E-state index contributed by atoms with van der Waals surface area (Å²) in [5.74, 6) is 2.98. The van der Waals surface area contributed by atoms with Crippen LogP contribution in [0.4, 0.5) is 0 Å². The molecule has 5 rings (SSSR count). The van der Waals surface area contributed by atoms with Gasteiger partial charge in [0.1, 0.15) is 11.9 Å². The number of Topliss-reactive ketones (excluding diaryl/α,β-unsaturated/α-hetero) is 1. The lowest BCUT2D eigenvalue weighted by Crippen LogP contribution is -2.54. The Morgan fingerprint density at radius 2 is 1.77 bits per heavy atom. The van der Waals surface area contributed by atoms with E-state index in [-0.39, 0.29) is 23.4 Å². The van der Waals surface area contributed by atoms with E-state index in [2.05, 4.69) is 13.8 Å². The van der Waals surface area contributed by atoms with Crippen molar-refractivity contribution < 1.29 is 14.3 Å². The molecule has 3 heteroatoms. The van der Waals surface area contributed by atoms with Gasteiger partial charge < -0.3 is 4.74 Å². The normalized spacial score (nSPS) is 42.8. The molecule has 0 aliphatic heterocycles. The van der Waals surface area contributed by atoms with Gasteiger partial charge in [-0.05, 0) is 92.9 Å². The van der Waals surface area contributed by atoms with Crippen molar-refractivity contribution in [2.24, 2.45) is 34.5 Å². The summed E-state index contributed by atoms with van der Waals surface area (Å²) in [7, 11) is 0. The fraction of sp³-hybridized carbons (Fsp3) is 0.714. The van der Waals surface area contributed by atoms with Gasteiger partial charge in [0.05, 0.1) is 5.92 Å². The van der Waals surface area contributed by atoms with E-state index in [0.717, 1.165) is 55.9 Å². The van der Waals surface area contributed by atoms with Crippen LogP contribution in [0.5, 0.6) is 0 Å². The van der Waals surface area contributed by atoms with E-state index >= 15 is 0 Å². The quantitative estimate of drug-likeness (QED) is 0.536. The van der Waals surface area contributed by atoms with Crippen molar-refractivity contribution >= 4 is 11.8 Å². The Hall–Kier alpha value is -1.64. The number of hydrogen-bond donors (Lipinski definition) is 0. The van der Waals surface area contributed by atoms with Gasteiger partial charge >= 0.3 is 5.97 Å². The molecule has 1 unspecified atom stereocenters. The number of hydrogen-bond acceptors (Lipinski definition) is 3. The van der Waals surface area contributed by atoms with Crippen molar-refractivity contribution in [3.63, 3.8) is 0 Å². The molecular weight excluding hydrogens is 384 g/mol. The van der Waals surface area contributed by atoms with Crippen LogP contribution in [0.2, 0.25) is 0 Å². The SMILES string of the molecule is CC(C(=O)O[C@@H]1CC[C@@]2(C)[C@@H](CC[C@@H]3[C@@H]2CC[C@]2(C)C(=O)CC[C@@H]32)C1)c1ccccc1. The van der Waals surface area contributed by atoms with Crippen molar-refractivity contribution in [3.05, 3.63) is 35.9 Å². The molecular formula is C28H38O3. The maximum Gasteiger partial charge on any atom is 0.313 e. The molecule has 0 N–H and O–H groups in total. The maximum atomic E-state index is 12.8. The fourth-order valence-corrected chi connectivity index (χ4v) is 8.24. The number of esters is 1. The zero-order valence-corrected chi connectivity index (χ0v) is 19.4. The van der Waals surface area contributed by atoms with Gasteiger partial charge in [-0.1, -0.05) is 44.2 Å². The highest BCUT2D eigenvalue weighted by molar-refractivity contribution is 5.87. The Labute approximate surface area is 187 Å². The van der Waals surface area contributed by atoms with Crippen molar-refractivity contribution in [3.8, 4) is 0 Å². The predicted octanol–water partition coefficient (Wildman–Crippen LogP) is 6.31. The van der Waals surface area contributed by atoms with Gasteiger partial charge in [-0.3, -0.25) is 9.59 Å². The van der Waals surface area contributed by atoms with E-state index in [1.807, 2.05) is 37.3 Å². The molecule has 4 saturated carbocycles. The molecule has 4 aliphatic rings. The molecule has 0 heterocycles. The Balaban J connectivity index is 1.25. The van der Waals surface area contributed by atoms with Crippen LogP contribution in [-0.4, -0.2) is 17.9 Å². The highest BCUT2D eigenvalue weighted by Gasteiger charge is 2.60. The standard InChI is InChI=1S/C28H38O3/c1-18(19-7-5-4-6-8-19)26(30)31-21-13-15-27(2)20(17-21)9-10-22-23-11-12-25(29)28(23,3)16-14-24(22)27/h4-8,18,20-24H,9-17H2,1-3H3/t18?,20-,21+,22-,23-,24-,27-,28-/m0/s1. The van der Waals surface area contributed by atoms with E-state index in [1.165, 1.54) is 19.3 Å². The molecule has 1 aromatic rings. The van der Waals surface area contributed by atoms with Gasteiger partial charge in [0.2, 0.25) is 0 Å². The molecule has 0 spiro atoms. The van der Waals surface area contributed by atoms with Crippen molar-refractivity contribution in [1.29, 1.82) is 0 Å². The van der Waals surface area contributed by atoms with Crippen molar-refractivity contribution in [1.82, 2.24) is 0 Å². The number of ether oxygens (including phenoxy) is 1. The molecule has 168 valence electrons. The van der Waals surface area contributed by atoms with Gasteiger partial charge in [0.25, 0.3) is 0 Å². The molecule has 0 amide bonds. The molecule has 8 atom stereocenters. The summed E-state index contributed by atoms with van der Waals surface area (Å²) in [6.45, 7) is 6.75. The summed E-state index contributed by atoms with van der Waals surface area (Å²) in [5.41, 5.74) is 1.35. The summed E-state index contributed by atoms with van der Waals surface area (Å²) in [6, 6.07) is 9.97. The first-order chi connectivity index (χ1) is 14.8. The van der Waals surface area contributed by atoms with Crippen LogP contribution >= 0.6 is 0 Å². The molecule has 31 heavy (non-hydrogen) atoms. The topological polar surface area (TPSA) is 43.4 Å². The molecule has 1 aromatic carbocycles. The molecule has 0 radical (unpaired) electrons. The summed E-state index contributed by atoms with van der Waals surface area (Å²) < 4.78 is 6.05. The van der Waals surface area contributed by atoms with E-state index in [9.17, 15) is 9.59 Å².